The zero-order chi connectivity index (χ0) is 25.8. The summed E-state index contributed by atoms with van der Waals surface area (Å²) in [5, 5.41) is 10.4. The van der Waals surface area contributed by atoms with E-state index in [9.17, 15) is 18.0 Å². The van der Waals surface area contributed by atoms with Crippen molar-refractivity contribution in [2.45, 2.75) is 31.2 Å². The summed E-state index contributed by atoms with van der Waals surface area (Å²) in [6, 6.07) is 10.2. The molecule has 0 radical (unpaired) electrons. The van der Waals surface area contributed by atoms with Crippen LogP contribution in [-0.4, -0.2) is 67.7 Å². The first-order chi connectivity index (χ1) is 17.2. The largest absolute Gasteiger partial charge is 0.490 e. The number of benzene rings is 1. The molecule has 5 rings (SSSR count). The van der Waals surface area contributed by atoms with Crippen molar-refractivity contribution in [3.8, 4) is 0 Å². The number of aliphatic carboxylic acids is 1. The van der Waals surface area contributed by atoms with E-state index in [1.54, 1.807) is 12.4 Å². The molecule has 3 N–H and O–H groups in total. The Kier molecular flexibility index (Phi) is 7.20. The van der Waals surface area contributed by atoms with Gasteiger partial charge in [-0.2, -0.15) is 13.2 Å². The van der Waals surface area contributed by atoms with Crippen LogP contribution >= 0.6 is 0 Å². The zero-order valence-corrected chi connectivity index (χ0v) is 19.0. The molecule has 13 heteroatoms. The first kappa shape index (κ1) is 25.1. The molecule has 1 spiro atoms. The first-order valence-corrected chi connectivity index (χ1v) is 11.0. The minimum Gasteiger partial charge on any atom is -0.475 e. The van der Waals surface area contributed by atoms with Crippen molar-refractivity contribution in [2.75, 3.05) is 25.0 Å². The van der Waals surface area contributed by atoms with Gasteiger partial charge in [-0.3, -0.25) is 4.79 Å². The third kappa shape index (κ3) is 5.62. The Labute approximate surface area is 203 Å². The monoisotopic (exact) mass is 504 g/mol. The number of imidazole rings is 1. The molecule has 0 aliphatic carbocycles. The number of rotatable bonds is 4. The number of carbonyl (C=O) groups excluding carboxylic acids is 1. The summed E-state index contributed by atoms with van der Waals surface area (Å²) >= 11 is 0. The molecule has 36 heavy (non-hydrogen) atoms. The van der Waals surface area contributed by atoms with Gasteiger partial charge in [0, 0.05) is 43.8 Å². The standard InChI is InChI=1S/C21H22N6O2.C2HF3O2/c28-19(18-22-7-8-23-18)27-9-6-21(13-27)14-29-12-16-11-25-20(26-17(16)21)24-10-15-4-2-1-3-5-15;3-2(4,5)1(6)7/h1-5,7-8,11H,6,9-10,12-14H2,(H,22,23)(H,24,25,26);(H,6,7). The molecule has 0 saturated carbocycles. The van der Waals surface area contributed by atoms with Gasteiger partial charge in [-0.15, -0.1) is 0 Å². The number of ether oxygens (including phenoxy) is 1. The predicted molar refractivity (Wildman–Crippen MR) is 120 cm³/mol. The van der Waals surface area contributed by atoms with Gasteiger partial charge in [0.2, 0.25) is 5.95 Å². The second kappa shape index (κ2) is 10.3. The zero-order valence-electron chi connectivity index (χ0n) is 19.0. The van der Waals surface area contributed by atoms with Gasteiger partial charge in [-0.1, -0.05) is 30.3 Å². The highest BCUT2D eigenvalue weighted by atomic mass is 19.4. The number of hydrogen-bond acceptors (Lipinski definition) is 7. The molecule has 2 aliphatic heterocycles. The van der Waals surface area contributed by atoms with Crippen LogP contribution < -0.4 is 5.32 Å². The molecule has 2 aromatic heterocycles. The van der Waals surface area contributed by atoms with E-state index in [2.05, 4.69) is 32.4 Å². The van der Waals surface area contributed by atoms with Gasteiger partial charge in [-0.25, -0.2) is 19.7 Å². The van der Waals surface area contributed by atoms with E-state index >= 15 is 0 Å². The average Bonchev–Trinajstić information content (AvgIpc) is 3.55. The maximum absolute atomic E-state index is 12.7. The van der Waals surface area contributed by atoms with E-state index in [4.69, 9.17) is 19.6 Å². The lowest BCUT2D eigenvalue weighted by Gasteiger charge is -2.34. The van der Waals surface area contributed by atoms with Crippen LogP contribution in [0.2, 0.25) is 0 Å². The fraction of sp³-hybridized carbons (Fsp3) is 0.348. The summed E-state index contributed by atoms with van der Waals surface area (Å²) in [6.45, 7) is 2.93. The third-order valence-electron chi connectivity index (χ3n) is 5.88. The number of hydrogen-bond donors (Lipinski definition) is 3. The molecule has 4 heterocycles. The number of nitrogens with zero attached hydrogens (tertiary/aromatic N) is 4. The molecule has 1 unspecified atom stereocenters. The fourth-order valence-corrected chi connectivity index (χ4v) is 4.15. The molecule has 1 fully saturated rings. The number of halogens is 3. The van der Waals surface area contributed by atoms with Crippen LogP contribution in [0, 0.1) is 0 Å². The van der Waals surface area contributed by atoms with Gasteiger partial charge in [-0.05, 0) is 12.0 Å². The van der Waals surface area contributed by atoms with Crippen molar-refractivity contribution in [1.29, 1.82) is 0 Å². The Morgan fingerprint density at radius 1 is 1.22 bits per heavy atom. The molecule has 1 amide bonds. The molecule has 2 aliphatic rings. The Balaban J connectivity index is 0.000000384. The maximum Gasteiger partial charge on any atom is 0.490 e. The summed E-state index contributed by atoms with van der Waals surface area (Å²) in [5.41, 5.74) is 2.85. The quantitative estimate of drug-likeness (QED) is 0.494. The number of likely N-dealkylation sites (tertiary alicyclic amines) is 1. The number of fused-ring (bicyclic) bond motifs is 2. The van der Waals surface area contributed by atoms with Crippen LogP contribution in [0.4, 0.5) is 19.1 Å². The summed E-state index contributed by atoms with van der Waals surface area (Å²) in [4.78, 5) is 39.7. The van der Waals surface area contributed by atoms with E-state index in [-0.39, 0.29) is 11.3 Å². The van der Waals surface area contributed by atoms with Gasteiger partial charge in [0.25, 0.3) is 5.91 Å². The second-order valence-corrected chi connectivity index (χ2v) is 8.40. The lowest BCUT2D eigenvalue weighted by molar-refractivity contribution is -0.192. The smallest absolute Gasteiger partial charge is 0.475 e. The Morgan fingerprint density at radius 3 is 2.64 bits per heavy atom. The number of carboxylic acids is 1. The van der Waals surface area contributed by atoms with Crippen LogP contribution in [0.25, 0.3) is 0 Å². The van der Waals surface area contributed by atoms with Gasteiger partial charge in [0.1, 0.15) is 0 Å². The number of aromatic nitrogens is 4. The number of anilines is 1. The summed E-state index contributed by atoms with van der Waals surface area (Å²) in [7, 11) is 0. The Morgan fingerprint density at radius 2 is 1.97 bits per heavy atom. The van der Waals surface area contributed by atoms with Crippen molar-refractivity contribution < 1.29 is 32.6 Å². The lowest BCUT2D eigenvalue weighted by Crippen LogP contribution is -2.42. The van der Waals surface area contributed by atoms with Gasteiger partial charge in [0.05, 0.1) is 24.3 Å². The third-order valence-corrected chi connectivity index (χ3v) is 5.88. The summed E-state index contributed by atoms with van der Waals surface area (Å²) in [6.07, 6.45) is 0.821. The van der Waals surface area contributed by atoms with E-state index in [0.29, 0.717) is 44.6 Å². The van der Waals surface area contributed by atoms with Crippen LogP contribution in [-0.2, 0) is 28.1 Å². The van der Waals surface area contributed by atoms with Crippen molar-refractivity contribution in [3.63, 3.8) is 0 Å². The van der Waals surface area contributed by atoms with Crippen LogP contribution in [0.3, 0.4) is 0 Å². The SMILES string of the molecule is O=C(O)C(F)(F)F.O=C(c1ncc[nH]1)N1CCC2(COCc3cnc(NCc4ccccc4)nc32)C1. The molecule has 1 aromatic carbocycles. The number of aromatic amines is 1. The normalized spacial score (nSPS) is 18.8. The van der Waals surface area contributed by atoms with Crippen molar-refractivity contribution >= 4 is 17.8 Å². The molecular formula is C23H23F3N6O4. The molecule has 3 aromatic rings. The van der Waals surface area contributed by atoms with Crippen LogP contribution in [0.5, 0.6) is 0 Å². The predicted octanol–water partition coefficient (Wildman–Crippen LogP) is 2.76. The summed E-state index contributed by atoms with van der Waals surface area (Å²) in [5.74, 6) is -1.88. The number of amides is 1. The number of H-pyrrole nitrogens is 1. The van der Waals surface area contributed by atoms with Crippen molar-refractivity contribution in [2.24, 2.45) is 0 Å². The minimum absolute atomic E-state index is 0.0875. The highest BCUT2D eigenvalue weighted by molar-refractivity contribution is 5.90. The molecular weight excluding hydrogens is 481 g/mol. The van der Waals surface area contributed by atoms with Gasteiger partial charge in [0.15, 0.2) is 5.82 Å². The topological polar surface area (TPSA) is 133 Å². The number of carboxylic acid groups (broad SMARTS) is 1. The average molecular weight is 504 g/mol. The Hall–Kier alpha value is -4.00. The van der Waals surface area contributed by atoms with Gasteiger partial charge >= 0.3 is 12.1 Å². The first-order valence-electron chi connectivity index (χ1n) is 11.0. The van der Waals surface area contributed by atoms with Crippen LogP contribution in [0.1, 0.15) is 33.9 Å². The van der Waals surface area contributed by atoms with E-state index in [1.165, 1.54) is 5.56 Å². The molecule has 1 saturated heterocycles. The molecule has 190 valence electrons. The summed E-state index contributed by atoms with van der Waals surface area (Å²) < 4.78 is 37.6. The van der Waals surface area contributed by atoms with E-state index in [0.717, 1.165) is 17.7 Å². The Bertz CT molecular complexity index is 1210. The fourth-order valence-electron chi connectivity index (χ4n) is 4.15. The van der Waals surface area contributed by atoms with E-state index < -0.39 is 12.1 Å². The maximum atomic E-state index is 12.7. The molecule has 0 bridgehead atoms. The highest BCUT2D eigenvalue weighted by Crippen LogP contribution is 2.39. The van der Waals surface area contributed by atoms with Crippen LogP contribution in [0.15, 0.2) is 48.9 Å². The van der Waals surface area contributed by atoms with Crippen molar-refractivity contribution in [1.82, 2.24) is 24.8 Å². The second-order valence-electron chi connectivity index (χ2n) is 8.40. The minimum atomic E-state index is -5.08. The lowest BCUT2D eigenvalue weighted by atomic mass is 9.80. The van der Waals surface area contributed by atoms with Gasteiger partial charge < -0.3 is 25.0 Å². The number of nitrogens with one attached hydrogen (secondary N) is 2. The molecule has 1 atom stereocenters. The van der Waals surface area contributed by atoms with E-state index in [1.807, 2.05) is 29.3 Å². The molecule has 10 nitrogen and oxygen atoms in total. The number of alkyl halides is 3. The highest BCUT2D eigenvalue weighted by Gasteiger charge is 2.46. The number of carbonyl (C=O) groups is 2. The van der Waals surface area contributed by atoms with Crippen molar-refractivity contribution in [3.05, 3.63) is 71.6 Å².